The molecule has 1 unspecified atom stereocenters. The monoisotopic (exact) mass is 397 g/mol. The van der Waals surface area contributed by atoms with Crippen molar-refractivity contribution in [2.45, 2.75) is 19.9 Å². The molecule has 0 aliphatic rings. The van der Waals surface area contributed by atoms with Crippen molar-refractivity contribution in [3.63, 3.8) is 0 Å². The van der Waals surface area contributed by atoms with Gasteiger partial charge in [0.2, 0.25) is 0 Å². The quantitative estimate of drug-likeness (QED) is 0.789. The van der Waals surface area contributed by atoms with Crippen LogP contribution >= 0.6 is 31.9 Å². The number of halogens is 2. The predicted octanol–water partition coefficient (Wildman–Crippen LogP) is 4.97. The zero-order valence-electron chi connectivity index (χ0n) is 11.5. The first-order chi connectivity index (χ1) is 9.52. The second-order valence-corrected chi connectivity index (χ2v) is 6.32. The molecule has 0 amide bonds. The van der Waals surface area contributed by atoms with E-state index in [1.165, 1.54) is 5.56 Å². The standard InChI is InChI=1S/C16H17Br2NO/c1-3-20-15-7-5-12(9-14(15)18)16(19)11-4-6-13(17)10(2)8-11/h4-9,16H,3,19H2,1-2H3. The zero-order chi connectivity index (χ0) is 14.7. The van der Waals surface area contributed by atoms with Gasteiger partial charge in [0.25, 0.3) is 0 Å². The van der Waals surface area contributed by atoms with E-state index in [4.69, 9.17) is 10.5 Å². The van der Waals surface area contributed by atoms with Gasteiger partial charge in [-0.2, -0.15) is 0 Å². The molecule has 2 rings (SSSR count). The number of rotatable bonds is 4. The molecule has 1 atom stereocenters. The first-order valence-electron chi connectivity index (χ1n) is 6.46. The summed E-state index contributed by atoms with van der Waals surface area (Å²) in [7, 11) is 0. The fourth-order valence-corrected chi connectivity index (χ4v) is 2.79. The van der Waals surface area contributed by atoms with E-state index in [2.05, 4.69) is 44.8 Å². The largest absolute Gasteiger partial charge is 0.493 e. The molecule has 0 fully saturated rings. The smallest absolute Gasteiger partial charge is 0.133 e. The molecule has 0 bridgehead atoms. The molecule has 2 nitrogen and oxygen atoms in total. The molecule has 20 heavy (non-hydrogen) atoms. The second-order valence-electron chi connectivity index (χ2n) is 4.61. The summed E-state index contributed by atoms with van der Waals surface area (Å²) in [5.74, 6) is 0.843. The van der Waals surface area contributed by atoms with Gasteiger partial charge in [-0.3, -0.25) is 0 Å². The lowest BCUT2D eigenvalue weighted by molar-refractivity contribution is 0.338. The van der Waals surface area contributed by atoms with Crippen LogP contribution in [-0.4, -0.2) is 6.61 Å². The van der Waals surface area contributed by atoms with Crippen LogP contribution in [0.2, 0.25) is 0 Å². The van der Waals surface area contributed by atoms with E-state index in [9.17, 15) is 0 Å². The van der Waals surface area contributed by atoms with E-state index in [0.717, 1.165) is 25.8 Å². The Morgan fingerprint density at radius 1 is 1.05 bits per heavy atom. The van der Waals surface area contributed by atoms with Crippen molar-refractivity contribution in [3.8, 4) is 5.75 Å². The molecule has 2 aromatic carbocycles. The van der Waals surface area contributed by atoms with Crippen molar-refractivity contribution in [2.24, 2.45) is 5.73 Å². The van der Waals surface area contributed by atoms with Crippen molar-refractivity contribution in [1.82, 2.24) is 0 Å². The molecule has 0 spiro atoms. The van der Waals surface area contributed by atoms with Crippen molar-refractivity contribution < 1.29 is 4.74 Å². The Balaban J connectivity index is 2.30. The van der Waals surface area contributed by atoms with Crippen LogP contribution in [0.5, 0.6) is 5.75 Å². The third-order valence-corrected chi connectivity index (χ3v) is 4.67. The average Bonchev–Trinajstić information content (AvgIpc) is 2.43. The highest BCUT2D eigenvalue weighted by Crippen LogP contribution is 2.30. The Morgan fingerprint density at radius 2 is 1.70 bits per heavy atom. The highest BCUT2D eigenvalue weighted by Gasteiger charge is 2.12. The van der Waals surface area contributed by atoms with E-state index in [1.807, 2.05) is 37.3 Å². The molecule has 0 aromatic heterocycles. The van der Waals surface area contributed by atoms with Crippen LogP contribution in [-0.2, 0) is 0 Å². The molecule has 106 valence electrons. The van der Waals surface area contributed by atoms with Gasteiger partial charge in [0.15, 0.2) is 0 Å². The van der Waals surface area contributed by atoms with E-state index >= 15 is 0 Å². The summed E-state index contributed by atoms with van der Waals surface area (Å²) < 4.78 is 7.55. The lowest BCUT2D eigenvalue weighted by Crippen LogP contribution is -2.12. The number of ether oxygens (including phenoxy) is 1. The third-order valence-electron chi connectivity index (χ3n) is 3.16. The lowest BCUT2D eigenvalue weighted by Gasteiger charge is -2.15. The summed E-state index contributed by atoms with van der Waals surface area (Å²) >= 11 is 7.04. The average molecular weight is 399 g/mol. The Hall–Kier alpha value is -0.840. The molecule has 0 aliphatic heterocycles. The number of hydrogen-bond acceptors (Lipinski definition) is 2. The Morgan fingerprint density at radius 3 is 2.30 bits per heavy atom. The molecule has 0 radical (unpaired) electrons. The van der Waals surface area contributed by atoms with Gasteiger partial charge in [0, 0.05) is 4.47 Å². The SMILES string of the molecule is CCOc1ccc(C(N)c2ccc(Br)c(C)c2)cc1Br. The minimum atomic E-state index is -0.145. The Kier molecular flexibility index (Phi) is 5.24. The summed E-state index contributed by atoms with van der Waals surface area (Å²) in [6.07, 6.45) is 0. The van der Waals surface area contributed by atoms with Crippen molar-refractivity contribution >= 4 is 31.9 Å². The van der Waals surface area contributed by atoms with E-state index < -0.39 is 0 Å². The van der Waals surface area contributed by atoms with Crippen LogP contribution in [0.15, 0.2) is 45.3 Å². The third kappa shape index (κ3) is 3.43. The van der Waals surface area contributed by atoms with E-state index in [1.54, 1.807) is 0 Å². The first-order valence-corrected chi connectivity index (χ1v) is 8.05. The lowest BCUT2D eigenvalue weighted by atomic mass is 9.98. The number of hydrogen-bond donors (Lipinski definition) is 1. The molecule has 0 aliphatic carbocycles. The Labute approximate surface area is 136 Å². The van der Waals surface area contributed by atoms with Gasteiger partial charge >= 0.3 is 0 Å². The summed E-state index contributed by atoms with van der Waals surface area (Å²) in [6.45, 7) is 4.68. The highest BCUT2D eigenvalue weighted by molar-refractivity contribution is 9.10. The van der Waals surface area contributed by atoms with Gasteiger partial charge in [-0.05, 0) is 64.7 Å². The van der Waals surface area contributed by atoms with Crippen LogP contribution in [0.4, 0.5) is 0 Å². The molecule has 0 heterocycles. The molecular weight excluding hydrogens is 382 g/mol. The zero-order valence-corrected chi connectivity index (χ0v) is 14.7. The maximum Gasteiger partial charge on any atom is 0.133 e. The first kappa shape index (κ1) is 15.5. The summed E-state index contributed by atoms with van der Waals surface area (Å²) in [6, 6.07) is 12.0. The number of aryl methyl sites for hydroxylation is 1. The molecule has 0 saturated heterocycles. The van der Waals surface area contributed by atoms with E-state index in [0.29, 0.717) is 6.61 Å². The van der Waals surface area contributed by atoms with Gasteiger partial charge in [-0.15, -0.1) is 0 Å². The fourth-order valence-electron chi connectivity index (χ4n) is 2.04. The van der Waals surface area contributed by atoms with Crippen molar-refractivity contribution in [3.05, 3.63) is 62.0 Å². The van der Waals surface area contributed by atoms with Crippen LogP contribution in [0, 0.1) is 6.92 Å². The molecular formula is C16H17Br2NO. The minimum absolute atomic E-state index is 0.145. The van der Waals surface area contributed by atoms with Crippen LogP contribution < -0.4 is 10.5 Å². The van der Waals surface area contributed by atoms with Crippen molar-refractivity contribution in [1.29, 1.82) is 0 Å². The minimum Gasteiger partial charge on any atom is -0.493 e. The van der Waals surface area contributed by atoms with Crippen LogP contribution in [0.1, 0.15) is 29.7 Å². The normalized spacial score (nSPS) is 12.2. The predicted molar refractivity (Wildman–Crippen MR) is 90.2 cm³/mol. The van der Waals surface area contributed by atoms with Crippen LogP contribution in [0.3, 0.4) is 0 Å². The van der Waals surface area contributed by atoms with Gasteiger partial charge in [-0.25, -0.2) is 0 Å². The van der Waals surface area contributed by atoms with Gasteiger partial charge < -0.3 is 10.5 Å². The Bertz CT molecular complexity index is 613. The second kappa shape index (κ2) is 6.74. The van der Waals surface area contributed by atoms with Crippen molar-refractivity contribution in [2.75, 3.05) is 6.61 Å². The van der Waals surface area contributed by atoms with E-state index in [-0.39, 0.29) is 6.04 Å². The summed E-state index contributed by atoms with van der Waals surface area (Å²) in [4.78, 5) is 0. The highest BCUT2D eigenvalue weighted by atomic mass is 79.9. The number of nitrogens with two attached hydrogens (primary N) is 1. The topological polar surface area (TPSA) is 35.2 Å². The van der Waals surface area contributed by atoms with Gasteiger partial charge in [0.05, 0.1) is 17.1 Å². The molecule has 2 N–H and O–H groups in total. The summed E-state index contributed by atoms with van der Waals surface area (Å²) in [5, 5.41) is 0. The fraction of sp³-hybridized carbons (Fsp3) is 0.250. The molecule has 0 saturated carbocycles. The number of benzene rings is 2. The van der Waals surface area contributed by atoms with Crippen LogP contribution in [0.25, 0.3) is 0 Å². The molecule has 4 heteroatoms. The van der Waals surface area contributed by atoms with Gasteiger partial charge in [0.1, 0.15) is 5.75 Å². The maximum absolute atomic E-state index is 6.35. The molecule has 2 aromatic rings. The van der Waals surface area contributed by atoms with Gasteiger partial charge in [-0.1, -0.05) is 34.1 Å². The summed E-state index contributed by atoms with van der Waals surface area (Å²) in [5.41, 5.74) is 9.69. The maximum atomic E-state index is 6.35.